The Morgan fingerprint density at radius 2 is 1.38 bits per heavy atom. The molecule has 0 fully saturated rings. The Kier molecular flexibility index (Phi) is 5.04. The maximum absolute atomic E-state index is 15.3. The van der Waals surface area contributed by atoms with Gasteiger partial charge >= 0.3 is 17.8 Å². The number of thiazole rings is 1. The third-order valence-electron chi connectivity index (χ3n) is 5.99. The molecule has 0 atom stereocenters. The summed E-state index contributed by atoms with van der Waals surface area (Å²) in [4.78, 5) is 4.61. The van der Waals surface area contributed by atoms with Crippen LogP contribution in [0.5, 0.6) is 0 Å². The number of hydrogen-bond donors (Lipinski definition) is 0. The summed E-state index contributed by atoms with van der Waals surface area (Å²) >= 11 is 2.11. The van der Waals surface area contributed by atoms with Crippen LogP contribution in [0, 0.1) is 20.8 Å². The second kappa shape index (κ2) is 7.42. The second-order valence-electron chi connectivity index (χ2n) is 8.30. The molecular formula is C25H17F6NS2. The zero-order valence-corrected chi connectivity index (χ0v) is 19.8. The molecule has 9 heteroatoms. The van der Waals surface area contributed by atoms with Gasteiger partial charge in [-0.3, -0.25) is 0 Å². The molecule has 0 N–H and O–H groups in total. The van der Waals surface area contributed by atoms with Crippen molar-refractivity contribution in [3.63, 3.8) is 0 Å². The fourth-order valence-corrected chi connectivity index (χ4v) is 6.44. The Morgan fingerprint density at radius 3 is 2.06 bits per heavy atom. The molecular weight excluding hydrogens is 492 g/mol. The minimum absolute atomic E-state index is 0.160. The standard InChI is InChI=1S/C25H17F6NS2/c1-12-9-10-16-17(11-12)33-13(2)18(16)19-20(24(28,29)25(30,31)23(19,26)27)21-14(3)34-22(32-21)15-7-5-4-6-8-15/h4-11H,1-3H3. The highest BCUT2D eigenvalue weighted by molar-refractivity contribution is 7.19. The molecule has 0 saturated carbocycles. The van der Waals surface area contributed by atoms with Gasteiger partial charge in [-0.1, -0.05) is 42.5 Å². The van der Waals surface area contributed by atoms with Crippen LogP contribution in [0.15, 0.2) is 48.5 Å². The molecule has 2 heterocycles. The highest BCUT2D eigenvalue weighted by Gasteiger charge is 2.80. The first-order chi connectivity index (χ1) is 15.9. The zero-order chi connectivity index (χ0) is 24.6. The van der Waals surface area contributed by atoms with Gasteiger partial charge in [-0.05, 0) is 32.4 Å². The Balaban J connectivity index is 1.87. The molecule has 1 nitrogen and oxygen atoms in total. The van der Waals surface area contributed by atoms with Crippen molar-refractivity contribution in [1.82, 2.24) is 4.98 Å². The van der Waals surface area contributed by atoms with Crippen LogP contribution in [0.25, 0.3) is 31.8 Å². The molecule has 0 unspecified atom stereocenters. The van der Waals surface area contributed by atoms with Crippen molar-refractivity contribution in [3.05, 3.63) is 75.1 Å². The van der Waals surface area contributed by atoms with E-state index in [0.29, 0.717) is 10.3 Å². The van der Waals surface area contributed by atoms with E-state index in [1.807, 2.05) is 0 Å². The van der Waals surface area contributed by atoms with Crippen LogP contribution in [0.3, 0.4) is 0 Å². The summed E-state index contributed by atoms with van der Waals surface area (Å²) in [6, 6.07) is 13.4. The lowest BCUT2D eigenvalue weighted by Crippen LogP contribution is -2.49. The number of halogens is 6. The normalized spacial score (nSPS) is 18.7. The fourth-order valence-electron chi connectivity index (χ4n) is 4.34. The Labute approximate surface area is 199 Å². The number of fused-ring (bicyclic) bond motifs is 1. The van der Waals surface area contributed by atoms with Crippen LogP contribution >= 0.6 is 22.7 Å². The van der Waals surface area contributed by atoms with E-state index < -0.39 is 34.6 Å². The maximum Gasteiger partial charge on any atom is 0.380 e. The van der Waals surface area contributed by atoms with Crippen LogP contribution in [0.2, 0.25) is 0 Å². The lowest BCUT2D eigenvalue weighted by Gasteiger charge is -2.25. The highest BCUT2D eigenvalue weighted by atomic mass is 32.1. The average molecular weight is 510 g/mol. The summed E-state index contributed by atoms with van der Waals surface area (Å²) in [5.74, 6) is -15.8. The summed E-state index contributed by atoms with van der Waals surface area (Å²) in [6.45, 7) is 4.71. The number of rotatable bonds is 3. The number of hydrogen-bond acceptors (Lipinski definition) is 3. The Hall–Kier alpha value is -2.65. The van der Waals surface area contributed by atoms with Gasteiger partial charge in [0, 0.05) is 36.5 Å². The molecule has 1 aliphatic rings. The molecule has 34 heavy (non-hydrogen) atoms. The molecule has 0 spiro atoms. The van der Waals surface area contributed by atoms with Gasteiger partial charge in [0.15, 0.2) is 0 Å². The number of alkyl halides is 6. The van der Waals surface area contributed by atoms with Crippen LogP contribution in [0.1, 0.15) is 26.6 Å². The lowest BCUT2D eigenvalue weighted by molar-refractivity contribution is -0.254. The zero-order valence-electron chi connectivity index (χ0n) is 18.2. The molecule has 0 aliphatic heterocycles. The van der Waals surface area contributed by atoms with E-state index in [4.69, 9.17) is 0 Å². The molecule has 1 aliphatic carbocycles. The predicted octanol–water partition coefficient (Wildman–Crippen LogP) is 8.78. The number of benzene rings is 2. The van der Waals surface area contributed by atoms with Gasteiger partial charge in [0.05, 0.1) is 11.3 Å². The number of nitrogens with zero attached hydrogens (tertiary/aromatic N) is 1. The summed E-state index contributed by atoms with van der Waals surface area (Å²) in [5.41, 5.74) is -2.12. The van der Waals surface area contributed by atoms with E-state index in [-0.39, 0.29) is 25.7 Å². The molecule has 0 saturated heterocycles. The summed E-state index contributed by atoms with van der Waals surface area (Å²) < 4.78 is 91.3. The molecule has 2 aromatic carbocycles. The summed E-state index contributed by atoms with van der Waals surface area (Å²) in [7, 11) is 0. The third kappa shape index (κ3) is 3.02. The van der Waals surface area contributed by atoms with Gasteiger partial charge in [0.1, 0.15) is 5.01 Å². The van der Waals surface area contributed by atoms with Crippen molar-refractivity contribution in [2.45, 2.75) is 38.5 Å². The van der Waals surface area contributed by atoms with Gasteiger partial charge in [0.2, 0.25) is 0 Å². The summed E-state index contributed by atoms with van der Waals surface area (Å²) in [6.07, 6.45) is 0. The first kappa shape index (κ1) is 23.1. The molecule has 5 rings (SSSR count). The minimum Gasteiger partial charge on any atom is -0.236 e. The molecule has 2 aromatic heterocycles. The van der Waals surface area contributed by atoms with E-state index >= 15 is 17.6 Å². The van der Waals surface area contributed by atoms with Crippen molar-refractivity contribution in [3.8, 4) is 10.6 Å². The number of aryl methyl sites for hydroxylation is 3. The van der Waals surface area contributed by atoms with Crippen molar-refractivity contribution >= 4 is 43.9 Å². The van der Waals surface area contributed by atoms with Crippen LogP contribution < -0.4 is 0 Å². The van der Waals surface area contributed by atoms with Crippen molar-refractivity contribution in [1.29, 1.82) is 0 Å². The topological polar surface area (TPSA) is 12.9 Å². The van der Waals surface area contributed by atoms with Crippen molar-refractivity contribution in [2.24, 2.45) is 0 Å². The highest BCUT2D eigenvalue weighted by Crippen LogP contribution is 2.66. The fraction of sp³-hybridized carbons (Fsp3) is 0.240. The number of thiophene rings is 1. The van der Waals surface area contributed by atoms with Crippen LogP contribution in [0.4, 0.5) is 26.3 Å². The third-order valence-corrected chi connectivity index (χ3v) is 8.08. The van der Waals surface area contributed by atoms with Crippen molar-refractivity contribution < 1.29 is 26.3 Å². The summed E-state index contributed by atoms with van der Waals surface area (Å²) in [5, 5.41) is 0.529. The first-order valence-corrected chi connectivity index (χ1v) is 11.9. The Morgan fingerprint density at radius 1 is 0.735 bits per heavy atom. The number of allylic oxidation sites excluding steroid dienone is 2. The molecule has 0 bridgehead atoms. The van der Waals surface area contributed by atoms with Gasteiger partial charge in [-0.2, -0.15) is 26.3 Å². The van der Waals surface area contributed by atoms with Crippen LogP contribution in [-0.4, -0.2) is 22.8 Å². The number of aromatic nitrogens is 1. The van der Waals surface area contributed by atoms with Gasteiger partial charge in [0.25, 0.3) is 0 Å². The maximum atomic E-state index is 15.3. The molecule has 0 amide bonds. The van der Waals surface area contributed by atoms with Crippen LogP contribution in [-0.2, 0) is 0 Å². The van der Waals surface area contributed by atoms with Crippen molar-refractivity contribution in [2.75, 3.05) is 0 Å². The minimum atomic E-state index is -5.61. The van der Waals surface area contributed by atoms with Gasteiger partial charge in [-0.15, -0.1) is 22.7 Å². The van der Waals surface area contributed by atoms with E-state index in [2.05, 4.69) is 4.98 Å². The molecule has 0 radical (unpaired) electrons. The van der Waals surface area contributed by atoms with E-state index in [1.54, 1.807) is 49.4 Å². The monoisotopic (exact) mass is 509 g/mol. The quantitative estimate of drug-likeness (QED) is 0.252. The second-order valence-corrected chi connectivity index (χ2v) is 10.8. The van der Waals surface area contributed by atoms with Gasteiger partial charge < -0.3 is 0 Å². The largest absolute Gasteiger partial charge is 0.380 e. The average Bonchev–Trinajstić information content (AvgIpc) is 3.33. The first-order valence-electron chi connectivity index (χ1n) is 10.3. The van der Waals surface area contributed by atoms with E-state index in [1.165, 1.54) is 19.9 Å². The molecule has 4 aromatic rings. The van der Waals surface area contributed by atoms with E-state index in [9.17, 15) is 8.78 Å². The SMILES string of the molecule is Cc1ccc2c(C3=C(c4nc(-c5ccccc5)sc4C)C(F)(F)C(F)(F)C3(F)F)c(C)sc2c1. The van der Waals surface area contributed by atoms with E-state index in [0.717, 1.165) is 28.2 Å². The lowest BCUT2D eigenvalue weighted by atomic mass is 9.94. The smallest absolute Gasteiger partial charge is 0.236 e. The Bertz CT molecular complexity index is 1460. The van der Waals surface area contributed by atoms with Gasteiger partial charge in [-0.25, -0.2) is 4.98 Å². The molecule has 176 valence electrons. The predicted molar refractivity (Wildman–Crippen MR) is 125 cm³/mol.